The molecule has 1 heterocycles. The Hall–Kier alpha value is -0.630. The molecular weight excluding hydrogens is 162 g/mol. The van der Waals surface area contributed by atoms with Gasteiger partial charge >= 0.3 is 0 Å². The molecule has 0 aromatic rings. The van der Waals surface area contributed by atoms with Crippen LogP contribution in [-0.4, -0.2) is 18.9 Å². The molecule has 2 heteroatoms. The van der Waals surface area contributed by atoms with Gasteiger partial charge in [-0.05, 0) is 18.9 Å². The van der Waals surface area contributed by atoms with Crippen LogP contribution >= 0.6 is 0 Å². The highest BCUT2D eigenvalue weighted by molar-refractivity contribution is 5.83. The van der Waals surface area contributed by atoms with Crippen molar-refractivity contribution in [2.24, 2.45) is 11.8 Å². The molecule has 1 rings (SSSR count). The van der Waals surface area contributed by atoms with Crippen LogP contribution in [-0.2, 0) is 4.79 Å². The zero-order valence-corrected chi connectivity index (χ0v) is 8.60. The van der Waals surface area contributed by atoms with Gasteiger partial charge < -0.3 is 5.32 Å². The minimum atomic E-state index is 0.225. The van der Waals surface area contributed by atoms with E-state index in [1.54, 1.807) is 0 Å². The summed E-state index contributed by atoms with van der Waals surface area (Å²) in [4.78, 5) is 11.7. The molecule has 2 unspecified atom stereocenters. The second kappa shape index (κ2) is 4.56. The molecule has 1 saturated heterocycles. The van der Waals surface area contributed by atoms with Gasteiger partial charge in [-0.3, -0.25) is 4.79 Å². The number of nitrogens with one attached hydrogen (secondary N) is 1. The molecule has 0 amide bonds. The average Bonchev–Trinajstić information content (AvgIpc) is 2.51. The molecule has 1 N–H and O–H groups in total. The third-order valence-electron chi connectivity index (χ3n) is 2.86. The minimum absolute atomic E-state index is 0.225. The van der Waals surface area contributed by atoms with Crippen molar-refractivity contribution in [3.05, 3.63) is 12.2 Å². The number of hydrogen-bond acceptors (Lipinski definition) is 2. The van der Waals surface area contributed by atoms with Crippen molar-refractivity contribution < 1.29 is 4.79 Å². The van der Waals surface area contributed by atoms with Crippen molar-refractivity contribution in [3.63, 3.8) is 0 Å². The lowest BCUT2D eigenvalue weighted by atomic mass is 9.90. The molecule has 2 atom stereocenters. The van der Waals surface area contributed by atoms with Gasteiger partial charge in [0, 0.05) is 18.9 Å². The SMILES string of the molecule is C=C(CC)CC(=O)C1CNCC1C. The van der Waals surface area contributed by atoms with Crippen molar-refractivity contribution in [3.8, 4) is 0 Å². The Bertz CT molecular complexity index is 210. The third-order valence-corrected chi connectivity index (χ3v) is 2.86. The fourth-order valence-electron chi connectivity index (χ4n) is 1.74. The molecule has 2 nitrogen and oxygen atoms in total. The molecule has 13 heavy (non-hydrogen) atoms. The number of Topliss-reactive ketones (excluding diaryl/α,β-unsaturated/α-hetero) is 1. The van der Waals surface area contributed by atoms with Crippen LogP contribution in [0.2, 0.25) is 0 Å². The van der Waals surface area contributed by atoms with Crippen molar-refractivity contribution in [1.82, 2.24) is 5.32 Å². The van der Waals surface area contributed by atoms with Crippen LogP contribution in [0, 0.1) is 11.8 Å². The van der Waals surface area contributed by atoms with Crippen LogP contribution in [0.25, 0.3) is 0 Å². The van der Waals surface area contributed by atoms with Crippen LogP contribution < -0.4 is 5.32 Å². The summed E-state index contributed by atoms with van der Waals surface area (Å²) < 4.78 is 0. The van der Waals surface area contributed by atoms with E-state index in [0.29, 0.717) is 18.1 Å². The van der Waals surface area contributed by atoms with Gasteiger partial charge in [-0.25, -0.2) is 0 Å². The zero-order chi connectivity index (χ0) is 9.84. The maximum atomic E-state index is 11.7. The molecule has 74 valence electrons. The summed E-state index contributed by atoms with van der Waals surface area (Å²) in [6.07, 6.45) is 1.49. The molecule has 0 bridgehead atoms. The molecule has 0 spiro atoms. The highest BCUT2D eigenvalue weighted by Gasteiger charge is 2.28. The predicted octanol–water partition coefficient (Wildman–Crippen LogP) is 1.77. The molecule has 0 radical (unpaired) electrons. The van der Waals surface area contributed by atoms with E-state index in [2.05, 4.69) is 18.8 Å². The van der Waals surface area contributed by atoms with Gasteiger partial charge in [-0.2, -0.15) is 0 Å². The Labute approximate surface area is 80.4 Å². The summed E-state index contributed by atoms with van der Waals surface area (Å²) in [6, 6.07) is 0. The van der Waals surface area contributed by atoms with Gasteiger partial charge in [-0.1, -0.05) is 26.0 Å². The summed E-state index contributed by atoms with van der Waals surface area (Å²) in [5, 5.41) is 3.24. The standard InChI is InChI=1S/C11H19NO/c1-4-8(2)5-11(13)10-7-12-6-9(10)3/h9-10,12H,2,4-7H2,1,3H3. The normalized spacial score (nSPS) is 27.5. The largest absolute Gasteiger partial charge is 0.316 e. The molecule has 1 fully saturated rings. The summed E-state index contributed by atoms with van der Waals surface area (Å²) in [7, 11) is 0. The average molecular weight is 181 g/mol. The van der Waals surface area contributed by atoms with Gasteiger partial charge in [0.15, 0.2) is 0 Å². The Morgan fingerprint density at radius 1 is 1.54 bits per heavy atom. The Balaban J connectivity index is 2.43. The van der Waals surface area contributed by atoms with Gasteiger partial charge in [0.25, 0.3) is 0 Å². The monoisotopic (exact) mass is 181 g/mol. The van der Waals surface area contributed by atoms with Crippen LogP contribution in [0.5, 0.6) is 0 Å². The van der Waals surface area contributed by atoms with E-state index in [0.717, 1.165) is 25.1 Å². The van der Waals surface area contributed by atoms with Gasteiger partial charge in [0.1, 0.15) is 5.78 Å². The van der Waals surface area contributed by atoms with E-state index in [1.807, 2.05) is 6.92 Å². The highest BCUT2D eigenvalue weighted by Crippen LogP contribution is 2.20. The summed E-state index contributed by atoms with van der Waals surface area (Å²) in [6.45, 7) is 9.89. The number of carbonyl (C=O) groups is 1. The molecule has 0 aromatic heterocycles. The lowest BCUT2D eigenvalue weighted by Crippen LogP contribution is -2.21. The van der Waals surface area contributed by atoms with E-state index in [4.69, 9.17) is 0 Å². The van der Waals surface area contributed by atoms with Crippen molar-refractivity contribution >= 4 is 5.78 Å². The minimum Gasteiger partial charge on any atom is -0.316 e. The fraction of sp³-hybridized carbons (Fsp3) is 0.727. The second-order valence-electron chi connectivity index (χ2n) is 3.99. The number of hydrogen-bond donors (Lipinski definition) is 1. The van der Waals surface area contributed by atoms with E-state index >= 15 is 0 Å². The van der Waals surface area contributed by atoms with Crippen molar-refractivity contribution in [2.75, 3.05) is 13.1 Å². The lowest BCUT2D eigenvalue weighted by Gasteiger charge is -2.12. The summed E-state index contributed by atoms with van der Waals surface area (Å²) >= 11 is 0. The molecule has 1 aliphatic rings. The number of allylic oxidation sites excluding steroid dienone is 1. The second-order valence-corrected chi connectivity index (χ2v) is 3.99. The summed E-state index contributed by atoms with van der Waals surface area (Å²) in [5.41, 5.74) is 1.06. The van der Waals surface area contributed by atoms with Crippen molar-refractivity contribution in [1.29, 1.82) is 0 Å². The number of carbonyl (C=O) groups excluding carboxylic acids is 1. The number of rotatable bonds is 4. The Morgan fingerprint density at radius 3 is 2.69 bits per heavy atom. The maximum Gasteiger partial charge on any atom is 0.141 e. The lowest BCUT2D eigenvalue weighted by molar-refractivity contribution is -0.122. The van der Waals surface area contributed by atoms with Crippen LogP contribution in [0.3, 0.4) is 0 Å². The van der Waals surface area contributed by atoms with Gasteiger partial charge in [0.2, 0.25) is 0 Å². The smallest absolute Gasteiger partial charge is 0.141 e. The van der Waals surface area contributed by atoms with Crippen LogP contribution in [0.4, 0.5) is 0 Å². The maximum absolute atomic E-state index is 11.7. The van der Waals surface area contributed by atoms with Gasteiger partial charge in [-0.15, -0.1) is 0 Å². The zero-order valence-electron chi connectivity index (χ0n) is 8.60. The van der Waals surface area contributed by atoms with Crippen LogP contribution in [0.1, 0.15) is 26.7 Å². The quantitative estimate of drug-likeness (QED) is 0.670. The summed E-state index contributed by atoms with van der Waals surface area (Å²) in [5.74, 6) is 1.09. The van der Waals surface area contributed by atoms with Crippen molar-refractivity contribution in [2.45, 2.75) is 26.7 Å². The molecule has 0 aliphatic carbocycles. The first-order chi connectivity index (χ1) is 6.15. The van der Waals surface area contributed by atoms with E-state index in [9.17, 15) is 4.79 Å². The third kappa shape index (κ3) is 2.66. The highest BCUT2D eigenvalue weighted by atomic mass is 16.1. The first-order valence-electron chi connectivity index (χ1n) is 5.05. The fourth-order valence-corrected chi connectivity index (χ4v) is 1.74. The van der Waals surface area contributed by atoms with E-state index in [-0.39, 0.29) is 5.92 Å². The number of ketones is 1. The van der Waals surface area contributed by atoms with E-state index in [1.165, 1.54) is 0 Å². The van der Waals surface area contributed by atoms with Crippen LogP contribution in [0.15, 0.2) is 12.2 Å². The first-order valence-corrected chi connectivity index (χ1v) is 5.05. The molecule has 1 aliphatic heterocycles. The van der Waals surface area contributed by atoms with Gasteiger partial charge in [0.05, 0.1) is 0 Å². The molecular formula is C11H19NO. The molecule has 0 aromatic carbocycles. The van der Waals surface area contributed by atoms with E-state index < -0.39 is 0 Å². The Kier molecular flexibility index (Phi) is 3.67. The topological polar surface area (TPSA) is 29.1 Å². The Morgan fingerprint density at radius 2 is 2.23 bits per heavy atom. The first kappa shape index (κ1) is 10.5. The molecule has 0 saturated carbocycles. The predicted molar refractivity (Wildman–Crippen MR) is 54.6 cm³/mol.